The van der Waals surface area contributed by atoms with Crippen LogP contribution in [0, 0.1) is 11.8 Å². The molecule has 0 N–H and O–H groups in total. The molecule has 3 nitrogen and oxygen atoms in total. The fourth-order valence-electron chi connectivity index (χ4n) is 2.01. The molecule has 1 rings (SSSR count). The average Bonchev–Trinajstić information content (AvgIpc) is 2.46. The van der Waals surface area contributed by atoms with Gasteiger partial charge in [0.15, 0.2) is 0 Å². The first-order valence-corrected chi connectivity index (χ1v) is 7.26. The van der Waals surface area contributed by atoms with Crippen LogP contribution in [0.2, 0.25) is 0 Å². The highest BCUT2D eigenvalue weighted by Gasteiger charge is 2.17. The molecule has 0 aliphatic rings. The molecule has 0 saturated heterocycles. The molecule has 3 heteroatoms. The molecule has 2 atom stereocenters. The van der Waals surface area contributed by atoms with Crippen molar-refractivity contribution >= 4 is 6.29 Å². The minimum atomic E-state index is -0.0478. The predicted octanol–water partition coefficient (Wildman–Crippen LogP) is 3.85. The maximum Gasteiger partial charge on any atom is 0.125 e. The van der Waals surface area contributed by atoms with E-state index in [1.165, 1.54) is 0 Å². The van der Waals surface area contributed by atoms with Gasteiger partial charge in [0.25, 0.3) is 0 Å². The summed E-state index contributed by atoms with van der Waals surface area (Å²) in [6, 6.07) is 7.80. The van der Waals surface area contributed by atoms with Gasteiger partial charge >= 0.3 is 0 Å². The van der Waals surface area contributed by atoms with Crippen LogP contribution in [-0.4, -0.2) is 19.5 Å². The summed E-state index contributed by atoms with van der Waals surface area (Å²) in [5, 5.41) is 0. The molecule has 1 aromatic rings. The molecule has 0 bridgehead atoms. The first-order valence-electron chi connectivity index (χ1n) is 7.26. The predicted molar refractivity (Wildman–Crippen MR) is 80.9 cm³/mol. The Labute approximate surface area is 122 Å². The summed E-state index contributed by atoms with van der Waals surface area (Å²) in [5.41, 5.74) is 1.09. The lowest BCUT2D eigenvalue weighted by atomic mass is 9.95. The third kappa shape index (κ3) is 5.74. The van der Waals surface area contributed by atoms with Crippen LogP contribution >= 0.6 is 0 Å². The van der Waals surface area contributed by atoms with E-state index in [9.17, 15) is 4.79 Å². The second-order valence-electron chi connectivity index (χ2n) is 5.64. The second kappa shape index (κ2) is 8.75. The van der Waals surface area contributed by atoms with E-state index in [-0.39, 0.29) is 12.0 Å². The van der Waals surface area contributed by atoms with Crippen molar-refractivity contribution in [2.45, 2.75) is 46.3 Å². The Balaban J connectivity index is 2.43. The number of ether oxygens (including phenoxy) is 2. The largest absolute Gasteiger partial charge is 0.497 e. The molecule has 1 unspecified atom stereocenters. The summed E-state index contributed by atoms with van der Waals surface area (Å²) in [4.78, 5) is 11.2. The van der Waals surface area contributed by atoms with Crippen molar-refractivity contribution in [3.63, 3.8) is 0 Å². The van der Waals surface area contributed by atoms with Gasteiger partial charge in [-0.3, -0.25) is 0 Å². The van der Waals surface area contributed by atoms with Gasteiger partial charge in [0.2, 0.25) is 0 Å². The molecule has 1 aromatic carbocycles. The van der Waals surface area contributed by atoms with E-state index in [4.69, 9.17) is 9.47 Å². The minimum Gasteiger partial charge on any atom is -0.497 e. The molecule has 0 radical (unpaired) electrons. The summed E-state index contributed by atoms with van der Waals surface area (Å²) in [7, 11) is 1.65. The number of benzene rings is 1. The van der Waals surface area contributed by atoms with E-state index in [0.29, 0.717) is 12.5 Å². The monoisotopic (exact) mass is 278 g/mol. The Hall–Kier alpha value is -1.35. The van der Waals surface area contributed by atoms with Gasteiger partial charge in [0.1, 0.15) is 12.0 Å². The van der Waals surface area contributed by atoms with Gasteiger partial charge in [0, 0.05) is 5.92 Å². The van der Waals surface area contributed by atoms with Gasteiger partial charge in [-0.05, 0) is 37.0 Å². The molecule has 0 fully saturated rings. The van der Waals surface area contributed by atoms with Gasteiger partial charge in [0.05, 0.1) is 19.8 Å². The number of methoxy groups -OCH3 is 1. The summed E-state index contributed by atoms with van der Waals surface area (Å²) in [6.45, 7) is 6.84. The molecule has 0 saturated carbocycles. The SMILES string of the molecule is COc1ccc(CO[C@@H](C)C(C=O)CCC(C)C)cc1. The Bertz CT molecular complexity index is 384. The quantitative estimate of drug-likeness (QED) is 0.644. The highest BCUT2D eigenvalue weighted by atomic mass is 16.5. The minimum absolute atomic E-state index is 0.0179. The van der Waals surface area contributed by atoms with Gasteiger partial charge in [-0.2, -0.15) is 0 Å². The van der Waals surface area contributed by atoms with E-state index < -0.39 is 0 Å². The van der Waals surface area contributed by atoms with Crippen molar-refractivity contribution in [1.29, 1.82) is 0 Å². The standard InChI is InChI=1S/C17H26O3/c1-13(2)5-8-16(11-18)14(3)20-12-15-6-9-17(19-4)10-7-15/h6-7,9-11,13-14,16H,5,8,12H2,1-4H3/t14-,16?/m0/s1. The molecule has 112 valence electrons. The Morgan fingerprint density at radius 2 is 1.75 bits per heavy atom. The Morgan fingerprint density at radius 3 is 2.25 bits per heavy atom. The van der Waals surface area contributed by atoms with Gasteiger partial charge in [-0.25, -0.2) is 0 Å². The number of rotatable bonds is 9. The zero-order chi connectivity index (χ0) is 15.0. The van der Waals surface area contributed by atoms with Gasteiger partial charge < -0.3 is 14.3 Å². The summed E-state index contributed by atoms with van der Waals surface area (Å²) in [5.74, 6) is 1.44. The third-order valence-corrected chi connectivity index (χ3v) is 3.53. The van der Waals surface area contributed by atoms with E-state index >= 15 is 0 Å². The number of hydrogen-bond donors (Lipinski definition) is 0. The van der Waals surface area contributed by atoms with Crippen molar-refractivity contribution in [1.82, 2.24) is 0 Å². The fourth-order valence-corrected chi connectivity index (χ4v) is 2.01. The zero-order valence-corrected chi connectivity index (χ0v) is 13.0. The van der Waals surface area contributed by atoms with Crippen LogP contribution in [0.15, 0.2) is 24.3 Å². The smallest absolute Gasteiger partial charge is 0.125 e. The maximum atomic E-state index is 11.2. The Morgan fingerprint density at radius 1 is 1.10 bits per heavy atom. The van der Waals surface area contributed by atoms with Crippen LogP contribution in [-0.2, 0) is 16.1 Å². The first-order chi connectivity index (χ1) is 9.56. The lowest BCUT2D eigenvalue weighted by molar-refractivity contribution is -0.116. The highest BCUT2D eigenvalue weighted by Crippen LogP contribution is 2.18. The molecular formula is C17H26O3. The summed E-state index contributed by atoms with van der Waals surface area (Å²) >= 11 is 0. The number of carbonyl (C=O) groups is 1. The second-order valence-corrected chi connectivity index (χ2v) is 5.64. The first kappa shape index (κ1) is 16.7. The molecule has 20 heavy (non-hydrogen) atoms. The number of aldehydes is 1. The van der Waals surface area contributed by atoms with Crippen LogP contribution in [0.3, 0.4) is 0 Å². The fraction of sp³-hybridized carbons (Fsp3) is 0.588. The molecule has 0 amide bonds. The van der Waals surface area contributed by atoms with Crippen molar-refractivity contribution in [3.8, 4) is 5.75 Å². The maximum absolute atomic E-state index is 11.2. The van der Waals surface area contributed by atoms with Crippen LogP contribution in [0.4, 0.5) is 0 Å². The molecule has 0 aliphatic carbocycles. The topological polar surface area (TPSA) is 35.5 Å². The van der Waals surface area contributed by atoms with Gasteiger partial charge in [-0.15, -0.1) is 0 Å². The van der Waals surface area contributed by atoms with E-state index in [1.807, 2.05) is 31.2 Å². The normalized spacial score (nSPS) is 14.1. The van der Waals surface area contributed by atoms with E-state index in [0.717, 1.165) is 30.4 Å². The van der Waals surface area contributed by atoms with Crippen LogP contribution in [0.5, 0.6) is 5.75 Å². The van der Waals surface area contributed by atoms with Crippen molar-refractivity contribution < 1.29 is 14.3 Å². The van der Waals surface area contributed by atoms with Crippen molar-refractivity contribution in [2.24, 2.45) is 11.8 Å². The molecule has 0 heterocycles. The van der Waals surface area contributed by atoms with Crippen molar-refractivity contribution in [3.05, 3.63) is 29.8 Å². The summed E-state index contributed by atoms with van der Waals surface area (Å²) < 4.78 is 10.9. The molecule has 0 aliphatic heterocycles. The van der Waals surface area contributed by atoms with E-state index in [1.54, 1.807) is 7.11 Å². The average molecular weight is 278 g/mol. The third-order valence-electron chi connectivity index (χ3n) is 3.53. The number of carbonyl (C=O) groups excluding carboxylic acids is 1. The van der Waals surface area contributed by atoms with Gasteiger partial charge in [-0.1, -0.05) is 32.4 Å². The highest BCUT2D eigenvalue weighted by molar-refractivity contribution is 5.54. The summed E-state index contributed by atoms with van der Waals surface area (Å²) in [6.07, 6.45) is 2.93. The molecule has 0 aromatic heterocycles. The lowest BCUT2D eigenvalue weighted by Gasteiger charge is -2.20. The van der Waals surface area contributed by atoms with E-state index in [2.05, 4.69) is 13.8 Å². The lowest BCUT2D eigenvalue weighted by Crippen LogP contribution is -2.22. The Kier molecular flexibility index (Phi) is 7.31. The van der Waals surface area contributed by atoms with Crippen LogP contribution in [0.25, 0.3) is 0 Å². The molecular weight excluding hydrogens is 252 g/mol. The van der Waals surface area contributed by atoms with Crippen molar-refractivity contribution in [2.75, 3.05) is 7.11 Å². The van der Waals surface area contributed by atoms with Crippen LogP contribution < -0.4 is 4.74 Å². The molecule has 0 spiro atoms. The number of hydrogen-bond acceptors (Lipinski definition) is 3. The zero-order valence-electron chi connectivity index (χ0n) is 13.0. The van der Waals surface area contributed by atoms with Crippen LogP contribution in [0.1, 0.15) is 39.2 Å².